The summed E-state index contributed by atoms with van der Waals surface area (Å²) in [5.41, 5.74) is 0.386. The Hall–Kier alpha value is -2.25. The lowest BCUT2D eigenvalue weighted by atomic mass is 9.96. The van der Waals surface area contributed by atoms with Gasteiger partial charge in [-0.05, 0) is 69.0 Å². The van der Waals surface area contributed by atoms with Crippen molar-refractivity contribution in [1.29, 1.82) is 0 Å². The van der Waals surface area contributed by atoms with Gasteiger partial charge in [-0.1, -0.05) is 35.3 Å². The smallest absolute Gasteiger partial charge is 0.121 e. The average Bonchev–Trinajstić information content (AvgIpc) is 3.17. The number of ether oxygens (including phenoxy) is 2. The third-order valence-electron chi connectivity index (χ3n) is 6.47. The van der Waals surface area contributed by atoms with Gasteiger partial charge in [-0.15, -0.1) is 0 Å². The maximum Gasteiger partial charge on any atom is 0.121 e. The highest BCUT2D eigenvalue weighted by Crippen LogP contribution is 2.29. The predicted octanol–water partition coefficient (Wildman–Crippen LogP) is 5.76. The van der Waals surface area contributed by atoms with Crippen LogP contribution in [-0.4, -0.2) is 51.5 Å². The summed E-state index contributed by atoms with van der Waals surface area (Å²) in [5, 5.41) is 12.0. The van der Waals surface area contributed by atoms with Gasteiger partial charge in [-0.2, -0.15) is 0 Å². The number of aromatic nitrogens is 2. The van der Waals surface area contributed by atoms with E-state index in [4.69, 9.17) is 32.7 Å². The Bertz CT molecular complexity index is 1090. The van der Waals surface area contributed by atoms with Gasteiger partial charge < -0.3 is 19.1 Å². The monoisotopic (exact) mass is 517 g/mol. The summed E-state index contributed by atoms with van der Waals surface area (Å²) in [6.45, 7) is 6.44. The minimum Gasteiger partial charge on any atom is -0.494 e. The third-order valence-corrected chi connectivity index (χ3v) is 7.21. The van der Waals surface area contributed by atoms with E-state index in [2.05, 4.69) is 26.6 Å². The van der Waals surface area contributed by atoms with E-state index in [-0.39, 0.29) is 6.61 Å². The van der Waals surface area contributed by atoms with Gasteiger partial charge in [-0.3, -0.25) is 4.90 Å². The van der Waals surface area contributed by atoms with Gasteiger partial charge in [0.15, 0.2) is 0 Å². The summed E-state index contributed by atoms with van der Waals surface area (Å²) in [7, 11) is 0. The molecule has 0 unspecified atom stereocenters. The van der Waals surface area contributed by atoms with Gasteiger partial charge in [0.05, 0.1) is 22.3 Å². The topological polar surface area (TPSA) is 59.8 Å². The molecule has 3 aromatic rings. The van der Waals surface area contributed by atoms with Crippen LogP contribution in [0.3, 0.4) is 0 Å². The van der Waals surface area contributed by atoms with Crippen LogP contribution in [0.5, 0.6) is 11.5 Å². The molecule has 1 atom stereocenters. The summed E-state index contributed by atoms with van der Waals surface area (Å²) in [6, 6.07) is 13.5. The van der Waals surface area contributed by atoms with Gasteiger partial charge >= 0.3 is 0 Å². The zero-order valence-corrected chi connectivity index (χ0v) is 21.6. The molecule has 1 aliphatic heterocycles. The Kier molecular flexibility index (Phi) is 8.95. The van der Waals surface area contributed by atoms with Crippen LogP contribution in [0.1, 0.15) is 37.1 Å². The number of likely N-dealkylation sites (tertiary alicyclic amines) is 1. The molecule has 35 heavy (non-hydrogen) atoms. The minimum atomic E-state index is -0.853. The molecule has 6 nitrogen and oxygen atoms in total. The fraction of sp³-hybridized carbons (Fsp3) is 0.444. The number of halogens is 2. The van der Waals surface area contributed by atoms with Crippen molar-refractivity contribution in [3.63, 3.8) is 0 Å². The Labute approximate surface area is 217 Å². The number of hydrogen-bond acceptors (Lipinski definition) is 5. The standard InChI is InChI=1S/C27H33Cl2N3O3/c1-21-30-12-16-32(21)14-3-17-34-23-6-4-22(5-7-23)19-31-13-2-10-27(33,11-15-31)20-35-24-8-9-25(28)26(29)18-24/h4-9,12,16,18,33H,2-3,10-11,13-15,17,19-20H2,1H3/t27-/m0/s1. The number of hydrogen-bond donors (Lipinski definition) is 1. The van der Waals surface area contributed by atoms with E-state index in [9.17, 15) is 5.11 Å². The molecule has 8 heteroatoms. The normalized spacial score (nSPS) is 18.9. The zero-order valence-electron chi connectivity index (χ0n) is 20.1. The van der Waals surface area contributed by atoms with Crippen molar-refractivity contribution in [3.8, 4) is 11.5 Å². The summed E-state index contributed by atoms with van der Waals surface area (Å²) in [6.07, 6.45) is 7.03. The number of rotatable bonds is 10. The van der Waals surface area contributed by atoms with Crippen molar-refractivity contribution in [2.45, 2.75) is 51.3 Å². The highest BCUT2D eigenvalue weighted by Gasteiger charge is 2.31. The Morgan fingerprint density at radius 3 is 2.54 bits per heavy atom. The first-order valence-electron chi connectivity index (χ1n) is 12.1. The van der Waals surface area contributed by atoms with Crippen molar-refractivity contribution in [3.05, 3.63) is 76.3 Å². The van der Waals surface area contributed by atoms with Gasteiger partial charge in [-0.25, -0.2) is 4.98 Å². The second-order valence-corrected chi connectivity index (χ2v) is 10.0. The summed E-state index contributed by atoms with van der Waals surface area (Å²) < 4.78 is 13.9. The summed E-state index contributed by atoms with van der Waals surface area (Å²) >= 11 is 12.0. The van der Waals surface area contributed by atoms with Gasteiger partial charge in [0.2, 0.25) is 0 Å². The van der Waals surface area contributed by atoms with Crippen molar-refractivity contribution < 1.29 is 14.6 Å². The van der Waals surface area contributed by atoms with Crippen molar-refractivity contribution in [1.82, 2.24) is 14.5 Å². The maximum absolute atomic E-state index is 11.1. The van der Waals surface area contributed by atoms with Crippen LogP contribution in [0.4, 0.5) is 0 Å². The van der Waals surface area contributed by atoms with E-state index >= 15 is 0 Å². The Morgan fingerprint density at radius 2 is 1.80 bits per heavy atom. The number of imidazole rings is 1. The molecule has 0 bridgehead atoms. The third kappa shape index (κ3) is 7.61. The molecule has 0 radical (unpaired) electrons. The SMILES string of the molecule is Cc1nccn1CCCOc1ccc(CN2CCC[C@@](O)(COc3ccc(Cl)c(Cl)c3)CC2)cc1. The first-order chi connectivity index (χ1) is 16.9. The first kappa shape index (κ1) is 25.8. The lowest BCUT2D eigenvalue weighted by molar-refractivity contribution is -0.0168. The van der Waals surface area contributed by atoms with E-state index in [1.54, 1.807) is 18.2 Å². The zero-order chi connectivity index (χ0) is 24.7. The number of nitrogens with zero attached hydrogens (tertiary/aromatic N) is 3. The average molecular weight is 518 g/mol. The van der Waals surface area contributed by atoms with E-state index in [1.165, 1.54) is 5.56 Å². The molecule has 1 aliphatic rings. The molecular formula is C27H33Cl2N3O3. The lowest BCUT2D eigenvalue weighted by Gasteiger charge is -2.27. The van der Waals surface area contributed by atoms with E-state index in [1.807, 2.05) is 31.5 Å². The molecule has 4 rings (SSSR count). The fourth-order valence-corrected chi connectivity index (χ4v) is 4.62. The maximum atomic E-state index is 11.1. The summed E-state index contributed by atoms with van der Waals surface area (Å²) in [5.74, 6) is 2.54. The highest BCUT2D eigenvalue weighted by atomic mass is 35.5. The van der Waals surface area contributed by atoms with E-state index in [0.717, 1.165) is 50.6 Å². The molecule has 1 N–H and O–H groups in total. The molecule has 0 aliphatic carbocycles. The second-order valence-electron chi connectivity index (χ2n) is 9.23. The quantitative estimate of drug-likeness (QED) is 0.346. The van der Waals surface area contributed by atoms with Gasteiger partial charge in [0.25, 0.3) is 0 Å². The predicted molar refractivity (Wildman–Crippen MR) is 140 cm³/mol. The second kappa shape index (κ2) is 12.1. The molecule has 0 saturated carbocycles. The molecule has 0 amide bonds. The van der Waals surface area contributed by atoms with Gasteiger partial charge in [0.1, 0.15) is 23.9 Å². The molecule has 2 aromatic carbocycles. The molecule has 1 saturated heterocycles. The van der Waals surface area contributed by atoms with Gasteiger partial charge in [0, 0.05) is 38.1 Å². The van der Waals surface area contributed by atoms with Crippen LogP contribution >= 0.6 is 23.2 Å². The highest BCUT2D eigenvalue weighted by molar-refractivity contribution is 6.42. The molecule has 1 fully saturated rings. The molecule has 188 valence electrons. The van der Waals surface area contributed by atoms with Crippen LogP contribution in [0.2, 0.25) is 10.0 Å². The number of benzene rings is 2. The van der Waals surface area contributed by atoms with Crippen LogP contribution in [0, 0.1) is 6.92 Å². The van der Waals surface area contributed by atoms with E-state index in [0.29, 0.717) is 35.2 Å². The fourth-order valence-electron chi connectivity index (χ4n) is 4.34. The summed E-state index contributed by atoms with van der Waals surface area (Å²) in [4.78, 5) is 6.63. The van der Waals surface area contributed by atoms with Crippen LogP contribution in [0.25, 0.3) is 0 Å². The van der Waals surface area contributed by atoms with Crippen molar-refractivity contribution in [2.24, 2.45) is 0 Å². The largest absolute Gasteiger partial charge is 0.494 e. The number of aliphatic hydroxyl groups is 1. The molecule has 1 aromatic heterocycles. The van der Waals surface area contributed by atoms with Crippen molar-refractivity contribution in [2.75, 3.05) is 26.3 Å². The van der Waals surface area contributed by atoms with Crippen LogP contribution < -0.4 is 9.47 Å². The molecule has 2 heterocycles. The Balaban J connectivity index is 1.20. The van der Waals surface area contributed by atoms with Crippen LogP contribution in [0.15, 0.2) is 54.9 Å². The first-order valence-corrected chi connectivity index (χ1v) is 12.9. The number of aryl methyl sites for hydroxylation is 2. The molecular weight excluding hydrogens is 485 g/mol. The lowest BCUT2D eigenvalue weighted by Crippen LogP contribution is -2.37. The Morgan fingerprint density at radius 1 is 1.00 bits per heavy atom. The van der Waals surface area contributed by atoms with Crippen molar-refractivity contribution >= 4 is 23.2 Å². The van der Waals surface area contributed by atoms with E-state index < -0.39 is 5.60 Å². The van der Waals surface area contributed by atoms with Crippen LogP contribution in [-0.2, 0) is 13.1 Å². The molecule has 0 spiro atoms. The minimum absolute atomic E-state index is 0.241.